The molecule has 0 N–H and O–H groups in total. The molecule has 0 atom stereocenters. The van der Waals surface area contributed by atoms with Crippen molar-refractivity contribution in [2.24, 2.45) is 0 Å². The number of rotatable bonds is 5. The third-order valence-electron chi connectivity index (χ3n) is 2.28. The largest absolute Gasteiger partial charge is 0.405 e. The standard InChI is InChI=1S/C11H15BrF3N3/c1-3-5-9-16-8(12)6-10(17-9)18(4-2)7-11(13,14)15/h6H,3-5,7H2,1-2H3. The van der Waals surface area contributed by atoms with E-state index < -0.39 is 12.7 Å². The van der Waals surface area contributed by atoms with Gasteiger partial charge in [-0.1, -0.05) is 6.92 Å². The predicted octanol–water partition coefficient (Wildman–Crippen LogP) is 3.58. The number of hydrogen-bond acceptors (Lipinski definition) is 3. The minimum atomic E-state index is -4.24. The van der Waals surface area contributed by atoms with Crippen LogP contribution in [0.15, 0.2) is 10.7 Å². The summed E-state index contributed by atoms with van der Waals surface area (Å²) in [5.41, 5.74) is 0. The first-order valence-corrected chi connectivity index (χ1v) is 6.50. The van der Waals surface area contributed by atoms with Gasteiger partial charge < -0.3 is 4.90 Å². The molecule has 0 saturated carbocycles. The fraction of sp³-hybridized carbons (Fsp3) is 0.636. The van der Waals surface area contributed by atoms with Gasteiger partial charge in [-0.05, 0) is 29.3 Å². The van der Waals surface area contributed by atoms with Gasteiger partial charge in [-0.3, -0.25) is 0 Å². The third-order valence-corrected chi connectivity index (χ3v) is 2.68. The van der Waals surface area contributed by atoms with Crippen molar-refractivity contribution in [3.63, 3.8) is 0 Å². The second kappa shape index (κ2) is 6.36. The normalized spacial score (nSPS) is 11.7. The first kappa shape index (κ1) is 15.2. The zero-order chi connectivity index (χ0) is 13.8. The van der Waals surface area contributed by atoms with Crippen molar-refractivity contribution in [1.29, 1.82) is 0 Å². The molecule has 0 aliphatic rings. The van der Waals surface area contributed by atoms with Gasteiger partial charge in [-0.2, -0.15) is 13.2 Å². The van der Waals surface area contributed by atoms with Crippen LogP contribution in [-0.2, 0) is 6.42 Å². The van der Waals surface area contributed by atoms with Gasteiger partial charge in [0, 0.05) is 19.0 Å². The molecule has 0 unspecified atom stereocenters. The number of alkyl halides is 3. The highest BCUT2D eigenvalue weighted by molar-refractivity contribution is 9.10. The highest BCUT2D eigenvalue weighted by Crippen LogP contribution is 2.22. The summed E-state index contributed by atoms with van der Waals surface area (Å²) in [6, 6.07) is 1.51. The molecular formula is C11H15BrF3N3. The zero-order valence-electron chi connectivity index (χ0n) is 10.3. The van der Waals surface area contributed by atoms with E-state index in [1.807, 2.05) is 6.92 Å². The lowest BCUT2D eigenvalue weighted by Crippen LogP contribution is -2.34. The van der Waals surface area contributed by atoms with E-state index >= 15 is 0 Å². The van der Waals surface area contributed by atoms with E-state index in [4.69, 9.17) is 0 Å². The molecule has 3 nitrogen and oxygen atoms in total. The molecule has 7 heteroatoms. The Morgan fingerprint density at radius 1 is 1.28 bits per heavy atom. The molecular weight excluding hydrogens is 311 g/mol. The van der Waals surface area contributed by atoms with Gasteiger partial charge in [0.25, 0.3) is 0 Å². The van der Waals surface area contributed by atoms with Crippen LogP contribution in [0.1, 0.15) is 26.1 Å². The van der Waals surface area contributed by atoms with Crippen LogP contribution in [0.5, 0.6) is 0 Å². The van der Waals surface area contributed by atoms with E-state index in [0.29, 0.717) is 22.7 Å². The smallest absolute Gasteiger partial charge is 0.348 e. The van der Waals surface area contributed by atoms with Crippen LogP contribution in [0.3, 0.4) is 0 Å². The van der Waals surface area contributed by atoms with Gasteiger partial charge in [-0.25, -0.2) is 9.97 Å². The zero-order valence-corrected chi connectivity index (χ0v) is 11.8. The average molecular weight is 326 g/mol. The molecule has 0 spiro atoms. The maximum atomic E-state index is 12.4. The van der Waals surface area contributed by atoms with Gasteiger partial charge in [0.15, 0.2) is 0 Å². The summed E-state index contributed by atoms with van der Waals surface area (Å²) in [7, 11) is 0. The lowest BCUT2D eigenvalue weighted by Gasteiger charge is -2.23. The molecule has 0 fully saturated rings. The van der Waals surface area contributed by atoms with Gasteiger partial charge in [0.05, 0.1) is 0 Å². The highest BCUT2D eigenvalue weighted by Gasteiger charge is 2.31. The van der Waals surface area contributed by atoms with Crippen LogP contribution >= 0.6 is 15.9 Å². The molecule has 1 heterocycles. The summed E-state index contributed by atoms with van der Waals surface area (Å²) < 4.78 is 37.8. The molecule has 1 aromatic rings. The number of halogens is 4. The lowest BCUT2D eigenvalue weighted by molar-refractivity contribution is -0.119. The fourth-order valence-corrected chi connectivity index (χ4v) is 1.93. The van der Waals surface area contributed by atoms with E-state index in [2.05, 4.69) is 25.9 Å². The van der Waals surface area contributed by atoms with Crippen molar-refractivity contribution in [2.45, 2.75) is 32.9 Å². The molecule has 1 aromatic heterocycles. The van der Waals surface area contributed by atoms with E-state index in [-0.39, 0.29) is 6.54 Å². The Hall–Kier alpha value is -0.850. The van der Waals surface area contributed by atoms with Gasteiger partial charge in [0.1, 0.15) is 22.8 Å². The summed E-state index contributed by atoms with van der Waals surface area (Å²) in [5, 5.41) is 0. The van der Waals surface area contributed by atoms with Crippen LogP contribution < -0.4 is 4.90 Å². The monoisotopic (exact) mass is 325 g/mol. The van der Waals surface area contributed by atoms with Crippen LogP contribution in [0.2, 0.25) is 0 Å². The summed E-state index contributed by atoms with van der Waals surface area (Å²) in [5.74, 6) is 0.864. The Morgan fingerprint density at radius 2 is 1.94 bits per heavy atom. The SMILES string of the molecule is CCCc1nc(Br)cc(N(CC)CC(F)(F)F)n1. The van der Waals surface area contributed by atoms with E-state index in [1.165, 1.54) is 11.0 Å². The Kier molecular flexibility index (Phi) is 5.37. The van der Waals surface area contributed by atoms with Gasteiger partial charge >= 0.3 is 6.18 Å². The van der Waals surface area contributed by atoms with Crippen molar-refractivity contribution in [3.8, 4) is 0 Å². The quantitative estimate of drug-likeness (QED) is 0.775. The Balaban J connectivity index is 2.98. The minimum absolute atomic E-state index is 0.245. The van der Waals surface area contributed by atoms with Crippen LogP contribution in [0.25, 0.3) is 0 Å². The van der Waals surface area contributed by atoms with Crippen LogP contribution in [0, 0.1) is 0 Å². The second-order valence-electron chi connectivity index (χ2n) is 3.84. The molecule has 102 valence electrons. The number of hydrogen-bond donors (Lipinski definition) is 0. The molecule has 0 amide bonds. The third kappa shape index (κ3) is 4.80. The highest BCUT2D eigenvalue weighted by atomic mass is 79.9. The molecule has 0 aromatic carbocycles. The summed E-state index contributed by atoms with van der Waals surface area (Å²) in [4.78, 5) is 9.48. The van der Waals surface area contributed by atoms with Crippen LogP contribution in [0.4, 0.5) is 19.0 Å². The average Bonchev–Trinajstić information content (AvgIpc) is 2.24. The number of aryl methyl sites for hydroxylation is 1. The first-order valence-electron chi connectivity index (χ1n) is 5.71. The summed E-state index contributed by atoms with van der Waals surface area (Å²) in [6.07, 6.45) is -2.74. The maximum absolute atomic E-state index is 12.4. The van der Waals surface area contributed by atoms with E-state index in [9.17, 15) is 13.2 Å². The predicted molar refractivity (Wildman–Crippen MR) is 67.7 cm³/mol. The van der Waals surface area contributed by atoms with Crippen molar-refractivity contribution >= 4 is 21.7 Å². The molecule has 0 saturated heterocycles. The van der Waals surface area contributed by atoms with E-state index in [1.54, 1.807) is 6.92 Å². The summed E-state index contributed by atoms with van der Waals surface area (Å²) in [6.45, 7) is 2.88. The molecule has 1 rings (SSSR count). The molecule has 0 bridgehead atoms. The Labute approximate surface area is 113 Å². The number of aromatic nitrogens is 2. The maximum Gasteiger partial charge on any atom is 0.405 e. The van der Waals surface area contributed by atoms with Gasteiger partial charge in [-0.15, -0.1) is 0 Å². The van der Waals surface area contributed by atoms with E-state index in [0.717, 1.165) is 6.42 Å². The minimum Gasteiger partial charge on any atom is -0.348 e. The van der Waals surface area contributed by atoms with Crippen LogP contribution in [-0.4, -0.2) is 29.2 Å². The molecule has 0 radical (unpaired) electrons. The Bertz CT molecular complexity index is 396. The fourth-order valence-electron chi connectivity index (χ4n) is 1.52. The second-order valence-corrected chi connectivity index (χ2v) is 4.66. The number of nitrogens with zero attached hydrogens (tertiary/aromatic N) is 3. The summed E-state index contributed by atoms with van der Waals surface area (Å²) >= 11 is 3.20. The van der Waals surface area contributed by atoms with Crippen molar-refractivity contribution in [2.75, 3.05) is 18.0 Å². The molecule has 0 aliphatic heterocycles. The molecule has 18 heavy (non-hydrogen) atoms. The topological polar surface area (TPSA) is 29.0 Å². The van der Waals surface area contributed by atoms with Crippen molar-refractivity contribution in [1.82, 2.24) is 9.97 Å². The van der Waals surface area contributed by atoms with Crippen molar-refractivity contribution in [3.05, 3.63) is 16.5 Å². The lowest BCUT2D eigenvalue weighted by atomic mass is 10.3. The first-order chi connectivity index (χ1) is 8.35. The number of anilines is 1. The van der Waals surface area contributed by atoms with Crippen molar-refractivity contribution < 1.29 is 13.2 Å². The Morgan fingerprint density at radius 3 is 2.44 bits per heavy atom. The molecule has 0 aliphatic carbocycles. The van der Waals surface area contributed by atoms with Gasteiger partial charge in [0.2, 0.25) is 0 Å².